The number of fused-ring (bicyclic) bond motifs is 1. The smallest absolute Gasteiger partial charge is 0.316 e. The summed E-state index contributed by atoms with van der Waals surface area (Å²) in [5.41, 5.74) is 0.234. The fourth-order valence-corrected chi connectivity index (χ4v) is 2.18. The lowest BCUT2D eigenvalue weighted by atomic mass is 10.0. The summed E-state index contributed by atoms with van der Waals surface area (Å²) in [7, 11) is 0. The van der Waals surface area contributed by atoms with E-state index in [0.717, 1.165) is 31.1 Å². The first-order valence-corrected chi connectivity index (χ1v) is 5.67. The Balaban J connectivity index is 2.01. The van der Waals surface area contributed by atoms with E-state index in [4.69, 9.17) is 0 Å². The van der Waals surface area contributed by atoms with Gasteiger partial charge in [0.1, 0.15) is 0 Å². The summed E-state index contributed by atoms with van der Waals surface area (Å²) in [6.07, 6.45) is -0.187. The van der Waals surface area contributed by atoms with Gasteiger partial charge in [-0.25, -0.2) is 9.50 Å². The molecule has 7 heteroatoms. The molecule has 0 radical (unpaired) electrons. The molecule has 0 aliphatic carbocycles. The number of hydrogen-bond acceptors (Lipinski definition) is 3. The molecule has 3 rings (SSSR count). The van der Waals surface area contributed by atoms with E-state index in [1.165, 1.54) is 4.52 Å². The van der Waals surface area contributed by atoms with Crippen LogP contribution in [0.5, 0.6) is 0 Å². The molecule has 1 aliphatic heterocycles. The van der Waals surface area contributed by atoms with E-state index in [1.54, 1.807) is 12.4 Å². The number of halogens is 3. The average Bonchev–Trinajstić information content (AvgIpc) is 2.96. The Morgan fingerprint density at radius 2 is 2.22 bits per heavy atom. The lowest BCUT2D eigenvalue weighted by Gasteiger charge is -2.07. The van der Waals surface area contributed by atoms with Gasteiger partial charge in [-0.15, -0.1) is 0 Å². The second-order valence-electron chi connectivity index (χ2n) is 4.41. The van der Waals surface area contributed by atoms with Crippen molar-refractivity contribution in [1.29, 1.82) is 0 Å². The fourth-order valence-electron chi connectivity index (χ4n) is 2.18. The van der Waals surface area contributed by atoms with Crippen LogP contribution in [0.2, 0.25) is 0 Å². The maximum atomic E-state index is 12.5. The molecular weight excluding hydrogens is 245 g/mol. The second-order valence-corrected chi connectivity index (χ2v) is 4.41. The van der Waals surface area contributed by atoms with Crippen molar-refractivity contribution in [3.05, 3.63) is 29.7 Å². The molecule has 18 heavy (non-hydrogen) atoms. The quantitative estimate of drug-likeness (QED) is 0.846. The van der Waals surface area contributed by atoms with Gasteiger partial charge in [0, 0.05) is 30.9 Å². The Bertz CT molecular complexity index is 569. The summed E-state index contributed by atoms with van der Waals surface area (Å²) in [6, 6.07) is 0.955. The van der Waals surface area contributed by atoms with E-state index in [9.17, 15) is 13.2 Å². The first kappa shape index (κ1) is 11.5. The summed E-state index contributed by atoms with van der Waals surface area (Å²) in [6.45, 7) is 1.76. The number of aromatic nitrogens is 3. The third kappa shape index (κ3) is 1.94. The first-order valence-electron chi connectivity index (χ1n) is 5.67. The molecule has 1 unspecified atom stereocenters. The minimum Gasteiger partial charge on any atom is -0.316 e. The number of nitrogens with one attached hydrogen (secondary N) is 1. The van der Waals surface area contributed by atoms with Gasteiger partial charge in [-0.2, -0.15) is 18.3 Å². The van der Waals surface area contributed by atoms with E-state index in [2.05, 4.69) is 15.4 Å². The van der Waals surface area contributed by atoms with Crippen molar-refractivity contribution in [3.63, 3.8) is 0 Å². The van der Waals surface area contributed by atoms with Gasteiger partial charge in [0.05, 0.1) is 0 Å². The molecule has 0 aromatic carbocycles. The zero-order chi connectivity index (χ0) is 12.8. The molecule has 1 atom stereocenters. The zero-order valence-corrected chi connectivity index (χ0v) is 9.41. The summed E-state index contributed by atoms with van der Waals surface area (Å²) in [5.74, 6) is 0.306. The van der Waals surface area contributed by atoms with Gasteiger partial charge in [0.2, 0.25) is 0 Å². The van der Waals surface area contributed by atoms with Gasteiger partial charge in [-0.1, -0.05) is 0 Å². The standard InChI is InChI=1S/C11H11F3N4/c12-11(13,14)9-3-10-16-5-8(6-18(10)17-9)7-1-2-15-4-7/h3,5-7,15H,1-2,4H2. The Kier molecular flexibility index (Phi) is 2.51. The van der Waals surface area contributed by atoms with Crippen LogP contribution in [0, 0.1) is 0 Å². The van der Waals surface area contributed by atoms with Crippen molar-refractivity contribution >= 4 is 5.65 Å². The minimum atomic E-state index is -4.43. The molecule has 0 bridgehead atoms. The SMILES string of the molecule is FC(F)(F)c1cc2ncc(C3CCNC3)cn2n1. The number of hydrogen-bond donors (Lipinski definition) is 1. The van der Waals surface area contributed by atoms with Crippen molar-refractivity contribution in [3.8, 4) is 0 Å². The maximum Gasteiger partial charge on any atom is 0.435 e. The molecule has 3 heterocycles. The number of rotatable bonds is 1. The van der Waals surface area contributed by atoms with Crippen LogP contribution in [0.1, 0.15) is 23.6 Å². The maximum absolute atomic E-state index is 12.5. The molecular formula is C11H11F3N4. The predicted molar refractivity (Wildman–Crippen MR) is 58.2 cm³/mol. The van der Waals surface area contributed by atoms with Crippen LogP contribution in [0.25, 0.3) is 5.65 Å². The molecule has 0 amide bonds. The molecule has 4 nitrogen and oxygen atoms in total. The van der Waals surface area contributed by atoms with Crippen LogP contribution < -0.4 is 5.32 Å². The van der Waals surface area contributed by atoms with Crippen molar-refractivity contribution in [2.24, 2.45) is 0 Å². The third-order valence-corrected chi connectivity index (χ3v) is 3.16. The molecule has 1 aliphatic rings. The molecule has 0 saturated carbocycles. The molecule has 1 saturated heterocycles. The Labute approximate surface area is 101 Å². The van der Waals surface area contributed by atoms with Crippen LogP contribution >= 0.6 is 0 Å². The van der Waals surface area contributed by atoms with Gasteiger partial charge >= 0.3 is 6.18 Å². The Hall–Kier alpha value is -1.63. The van der Waals surface area contributed by atoms with Gasteiger partial charge < -0.3 is 5.32 Å². The highest BCUT2D eigenvalue weighted by Crippen LogP contribution is 2.29. The van der Waals surface area contributed by atoms with Gasteiger partial charge in [-0.05, 0) is 18.5 Å². The number of alkyl halides is 3. The second kappa shape index (κ2) is 3.94. The van der Waals surface area contributed by atoms with E-state index in [0.29, 0.717) is 5.92 Å². The molecule has 2 aromatic rings. The van der Waals surface area contributed by atoms with Crippen molar-refractivity contribution < 1.29 is 13.2 Å². The summed E-state index contributed by atoms with van der Waals surface area (Å²) >= 11 is 0. The third-order valence-electron chi connectivity index (χ3n) is 3.16. The summed E-state index contributed by atoms with van der Waals surface area (Å²) < 4.78 is 38.7. The highest BCUT2D eigenvalue weighted by Gasteiger charge is 2.34. The Morgan fingerprint density at radius 1 is 1.39 bits per heavy atom. The van der Waals surface area contributed by atoms with E-state index in [1.807, 2.05) is 0 Å². The van der Waals surface area contributed by atoms with Crippen LogP contribution in [0.15, 0.2) is 18.5 Å². The highest BCUT2D eigenvalue weighted by molar-refractivity contribution is 5.40. The molecule has 1 N–H and O–H groups in total. The topological polar surface area (TPSA) is 42.2 Å². The van der Waals surface area contributed by atoms with E-state index >= 15 is 0 Å². The molecule has 2 aromatic heterocycles. The molecule has 96 valence electrons. The minimum absolute atomic E-state index is 0.219. The lowest BCUT2D eigenvalue weighted by molar-refractivity contribution is -0.141. The van der Waals surface area contributed by atoms with Crippen LogP contribution in [0.4, 0.5) is 13.2 Å². The molecule has 0 spiro atoms. The van der Waals surface area contributed by atoms with E-state index in [-0.39, 0.29) is 5.65 Å². The summed E-state index contributed by atoms with van der Waals surface area (Å²) in [4.78, 5) is 4.03. The van der Waals surface area contributed by atoms with Crippen molar-refractivity contribution in [2.45, 2.75) is 18.5 Å². The van der Waals surface area contributed by atoms with Crippen molar-refractivity contribution in [2.75, 3.05) is 13.1 Å². The monoisotopic (exact) mass is 256 g/mol. The largest absolute Gasteiger partial charge is 0.435 e. The van der Waals surface area contributed by atoms with Crippen LogP contribution in [-0.2, 0) is 6.18 Å². The van der Waals surface area contributed by atoms with Crippen LogP contribution in [-0.4, -0.2) is 27.7 Å². The first-order chi connectivity index (χ1) is 8.54. The zero-order valence-electron chi connectivity index (χ0n) is 9.41. The fraction of sp³-hybridized carbons (Fsp3) is 0.455. The predicted octanol–water partition coefficient (Wildman–Crippen LogP) is 1.82. The normalized spacial score (nSPS) is 20.7. The van der Waals surface area contributed by atoms with E-state index < -0.39 is 11.9 Å². The van der Waals surface area contributed by atoms with Gasteiger partial charge in [-0.3, -0.25) is 0 Å². The number of nitrogens with zero attached hydrogens (tertiary/aromatic N) is 3. The molecule has 1 fully saturated rings. The van der Waals surface area contributed by atoms with Gasteiger partial charge in [0.25, 0.3) is 0 Å². The van der Waals surface area contributed by atoms with Crippen molar-refractivity contribution in [1.82, 2.24) is 19.9 Å². The highest BCUT2D eigenvalue weighted by atomic mass is 19.4. The summed E-state index contributed by atoms with van der Waals surface area (Å²) in [5, 5.41) is 6.74. The Morgan fingerprint density at radius 3 is 2.89 bits per heavy atom. The van der Waals surface area contributed by atoms with Crippen LogP contribution in [0.3, 0.4) is 0 Å². The van der Waals surface area contributed by atoms with Gasteiger partial charge in [0.15, 0.2) is 11.3 Å². The average molecular weight is 256 g/mol. The lowest BCUT2D eigenvalue weighted by Crippen LogP contribution is -2.09.